The molecule has 3 nitrogen and oxygen atoms in total. The summed E-state index contributed by atoms with van der Waals surface area (Å²) in [6.45, 7) is 12.9. The molecule has 0 amide bonds. The van der Waals surface area contributed by atoms with Gasteiger partial charge in [0.1, 0.15) is 0 Å². The molecule has 0 aliphatic heterocycles. The lowest BCUT2D eigenvalue weighted by atomic mass is 10.3. The van der Waals surface area contributed by atoms with Gasteiger partial charge in [-0.15, -0.1) is 0 Å². The number of rotatable bonds is 5. The minimum absolute atomic E-state index is 0.640. The molecular weight excluding hydrogens is 258 g/mol. The molecule has 0 unspecified atom stereocenters. The van der Waals surface area contributed by atoms with Gasteiger partial charge in [-0.3, -0.25) is 4.98 Å². The molecule has 100 valence electrons. The lowest BCUT2D eigenvalue weighted by molar-refractivity contribution is 0.222. The minimum Gasteiger partial charge on any atom is -0.521 e. The Morgan fingerprint density at radius 3 is 2.00 bits per heavy atom. The molecule has 1 aromatic heterocycles. The molecule has 0 bridgehead atoms. The van der Waals surface area contributed by atoms with E-state index in [2.05, 4.69) is 44.3 Å². The highest BCUT2D eigenvalue weighted by molar-refractivity contribution is 6.71. The smallest absolute Gasteiger partial charge is 0.252 e. The van der Waals surface area contributed by atoms with Crippen LogP contribution in [-0.4, -0.2) is 21.6 Å². The maximum atomic E-state index is 6.00. The van der Waals surface area contributed by atoms with Gasteiger partial charge in [0.05, 0.1) is 0 Å². The van der Waals surface area contributed by atoms with Gasteiger partial charge in [-0.05, 0) is 50.9 Å². The van der Waals surface area contributed by atoms with Crippen LogP contribution in [0.4, 0.5) is 0 Å². The van der Waals surface area contributed by atoms with Crippen molar-refractivity contribution < 1.29 is 8.85 Å². The van der Waals surface area contributed by atoms with Crippen molar-refractivity contribution in [3.63, 3.8) is 0 Å². The topological polar surface area (TPSA) is 31.4 Å². The van der Waals surface area contributed by atoms with Crippen molar-refractivity contribution in [3.8, 4) is 0 Å². The summed E-state index contributed by atoms with van der Waals surface area (Å²) in [7, 11) is -3.33. The molecule has 1 heterocycles. The van der Waals surface area contributed by atoms with E-state index in [4.69, 9.17) is 8.85 Å². The quantitative estimate of drug-likeness (QED) is 0.602. The Kier molecular flexibility index (Phi) is 4.75. The normalized spacial score (nSPS) is 11.9. The summed E-state index contributed by atoms with van der Waals surface area (Å²) in [6, 6.07) is 3.90. The number of aromatic nitrogens is 1. The maximum Gasteiger partial charge on any atom is 0.252 e. The van der Waals surface area contributed by atoms with Gasteiger partial charge in [0, 0.05) is 18.5 Å². The van der Waals surface area contributed by atoms with Gasteiger partial charge in [-0.2, -0.15) is 0 Å². The highest BCUT2D eigenvalue weighted by Gasteiger charge is 2.23. The van der Waals surface area contributed by atoms with Gasteiger partial charge < -0.3 is 8.85 Å². The first-order chi connectivity index (χ1) is 8.16. The van der Waals surface area contributed by atoms with Crippen molar-refractivity contribution >= 4 is 22.7 Å². The first-order valence-electron chi connectivity index (χ1n) is 6.15. The molecule has 1 aromatic rings. The zero-order valence-electron chi connectivity index (χ0n) is 12.2. The van der Waals surface area contributed by atoms with Crippen LogP contribution in [0, 0.1) is 0 Å². The van der Waals surface area contributed by atoms with Gasteiger partial charge in [-0.1, -0.05) is 6.07 Å². The average Bonchev–Trinajstić information content (AvgIpc) is 2.13. The Balaban J connectivity index is 2.94. The number of hydrogen-bond acceptors (Lipinski definition) is 3. The van der Waals surface area contributed by atoms with E-state index in [1.54, 1.807) is 12.4 Å². The van der Waals surface area contributed by atoms with Gasteiger partial charge in [0.25, 0.3) is 5.95 Å². The van der Waals surface area contributed by atoms with Crippen molar-refractivity contribution in [1.29, 1.82) is 0 Å². The van der Waals surface area contributed by atoms with Crippen LogP contribution < -0.4 is 0 Å². The summed E-state index contributed by atoms with van der Waals surface area (Å²) in [5, 5.41) is 0. The van der Waals surface area contributed by atoms with E-state index >= 15 is 0 Å². The van der Waals surface area contributed by atoms with Crippen molar-refractivity contribution in [2.45, 2.75) is 39.3 Å². The molecule has 0 saturated carbocycles. The second-order valence-corrected chi connectivity index (χ2v) is 15.0. The van der Waals surface area contributed by atoms with E-state index in [0.717, 1.165) is 5.56 Å². The maximum absolute atomic E-state index is 6.00. The largest absolute Gasteiger partial charge is 0.521 e. The SMILES string of the molecule is C[Si](C)(C)OC(=Cc1cccnc1)O[Si](C)(C)C. The van der Waals surface area contributed by atoms with Crippen LogP contribution in [0.15, 0.2) is 30.5 Å². The van der Waals surface area contributed by atoms with Gasteiger partial charge in [0.2, 0.25) is 16.6 Å². The molecule has 0 radical (unpaired) electrons. The molecule has 0 fully saturated rings. The highest BCUT2D eigenvalue weighted by atomic mass is 28.4. The molecule has 0 aliphatic rings. The Labute approximate surface area is 112 Å². The van der Waals surface area contributed by atoms with Crippen LogP contribution in [0.5, 0.6) is 0 Å². The fraction of sp³-hybridized carbons (Fsp3) is 0.462. The van der Waals surface area contributed by atoms with E-state index in [1.165, 1.54) is 0 Å². The molecule has 5 heteroatoms. The zero-order chi connectivity index (χ0) is 13.8. The van der Waals surface area contributed by atoms with Crippen LogP contribution in [0.3, 0.4) is 0 Å². The Bertz CT molecular complexity index is 387. The van der Waals surface area contributed by atoms with Crippen LogP contribution in [0.25, 0.3) is 6.08 Å². The summed E-state index contributed by atoms with van der Waals surface area (Å²) >= 11 is 0. The van der Waals surface area contributed by atoms with E-state index in [0.29, 0.717) is 5.95 Å². The average molecular weight is 282 g/mol. The van der Waals surface area contributed by atoms with Crippen LogP contribution in [0.2, 0.25) is 39.3 Å². The number of pyridine rings is 1. The molecule has 1 rings (SSSR count). The van der Waals surface area contributed by atoms with Gasteiger partial charge >= 0.3 is 0 Å². The fourth-order valence-corrected chi connectivity index (χ4v) is 2.77. The summed E-state index contributed by atoms with van der Waals surface area (Å²) < 4.78 is 12.0. The zero-order valence-corrected chi connectivity index (χ0v) is 14.2. The lowest BCUT2D eigenvalue weighted by Crippen LogP contribution is -2.31. The molecule has 18 heavy (non-hydrogen) atoms. The van der Waals surface area contributed by atoms with Crippen molar-refractivity contribution in [1.82, 2.24) is 4.98 Å². The van der Waals surface area contributed by atoms with Crippen LogP contribution in [-0.2, 0) is 8.85 Å². The molecule has 0 aromatic carbocycles. The third-order valence-corrected chi connectivity index (χ3v) is 3.41. The first kappa shape index (κ1) is 15.0. The summed E-state index contributed by atoms with van der Waals surface area (Å²) in [5.74, 6) is 0.640. The molecule has 0 atom stereocenters. The van der Waals surface area contributed by atoms with Crippen molar-refractivity contribution in [3.05, 3.63) is 36.0 Å². The predicted octanol–water partition coefficient (Wildman–Crippen LogP) is 4.08. The van der Waals surface area contributed by atoms with Gasteiger partial charge in [0.15, 0.2) is 0 Å². The van der Waals surface area contributed by atoms with Crippen LogP contribution in [0.1, 0.15) is 5.56 Å². The second kappa shape index (κ2) is 5.71. The molecule has 0 aliphatic carbocycles. The number of nitrogens with zero attached hydrogens (tertiary/aromatic N) is 1. The summed E-state index contributed by atoms with van der Waals surface area (Å²) in [5.41, 5.74) is 1.00. The van der Waals surface area contributed by atoms with Crippen LogP contribution >= 0.6 is 0 Å². The Hall–Kier alpha value is -1.08. The molecule has 0 saturated heterocycles. The number of hydrogen-bond donors (Lipinski definition) is 0. The molecule has 0 N–H and O–H groups in total. The van der Waals surface area contributed by atoms with Gasteiger partial charge in [-0.25, -0.2) is 0 Å². The molecule has 0 spiro atoms. The third-order valence-electron chi connectivity index (χ3n) is 1.78. The summed E-state index contributed by atoms with van der Waals surface area (Å²) in [6.07, 6.45) is 5.50. The van der Waals surface area contributed by atoms with Crippen molar-refractivity contribution in [2.75, 3.05) is 0 Å². The minimum atomic E-state index is -1.67. The first-order valence-corrected chi connectivity index (χ1v) is 13.0. The van der Waals surface area contributed by atoms with E-state index in [-0.39, 0.29) is 0 Å². The standard InChI is InChI=1S/C13H23NO2Si2/c1-17(2,3)15-13(16-18(4,5)6)10-12-8-7-9-14-11-12/h7-11H,1-6H3. The monoisotopic (exact) mass is 281 g/mol. The fourth-order valence-electron chi connectivity index (χ4n) is 1.28. The molecular formula is C13H23NO2Si2. The Morgan fingerprint density at radius 1 is 1.06 bits per heavy atom. The highest BCUT2D eigenvalue weighted by Crippen LogP contribution is 2.19. The second-order valence-electron chi connectivity index (χ2n) is 6.18. The lowest BCUT2D eigenvalue weighted by Gasteiger charge is -2.27. The van der Waals surface area contributed by atoms with E-state index < -0.39 is 16.6 Å². The predicted molar refractivity (Wildman–Crippen MR) is 81.1 cm³/mol. The third kappa shape index (κ3) is 6.61. The summed E-state index contributed by atoms with van der Waals surface area (Å²) in [4.78, 5) is 4.10. The van der Waals surface area contributed by atoms with Crippen molar-refractivity contribution in [2.24, 2.45) is 0 Å². The Morgan fingerprint density at radius 2 is 1.61 bits per heavy atom. The van der Waals surface area contributed by atoms with E-state index in [9.17, 15) is 0 Å². The van der Waals surface area contributed by atoms with E-state index in [1.807, 2.05) is 18.2 Å².